The summed E-state index contributed by atoms with van der Waals surface area (Å²) in [6.07, 6.45) is 0.367. The highest BCUT2D eigenvalue weighted by Gasteiger charge is 2.43. The van der Waals surface area contributed by atoms with E-state index >= 15 is 0 Å². The number of anilines is 1. The van der Waals surface area contributed by atoms with Crippen LogP contribution in [0.2, 0.25) is 0 Å². The maximum atomic E-state index is 12.8. The third kappa shape index (κ3) is 3.44. The second-order valence-corrected chi connectivity index (χ2v) is 6.52. The number of carbonyl (C=O) groups is 4. The van der Waals surface area contributed by atoms with Gasteiger partial charge in [-0.25, -0.2) is 0 Å². The van der Waals surface area contributed by atoms with Crippen molar-refractivity contribution >= 4 is 29.8 Å². The van der Waals surface area contributed by atoms with Crippen molar-refractivity contribution in [2.45, 2.75) is 12.5 Å². The molecule has 0 saturated heterocycles. The molecule has 3 rings (SSSR count). The monoisotopic (exact) mass is 381 g/mol. The quantitative estimate of drug-likeness (QED) is 0.558. The molecule has 1 atom stereocenters. The van der Waals surface area contributed by atoms with Crippen LogP contribution in [-0.4, -0.2) is 48.2 Å². The van der Waals surface area contributed by atoms with Crippen LogP contribution in [-0.2, 0) is 9.59 Å². The molecule has 8 heteroatoms. The summed E-state index contributed by atoms with van der Waals surface area (Å²) in [5, 5.41) is 5.11. The van der Waals surface area contributed by atoms with Crippen LogP contribution in [0.1, 0.15) is 27.6 Å². The summed E-state index contributed by atoms with van der Waals surface area (Å²) in [4.78, 5) is 50.1. The molecule has 144 valence electrons. The lowest BCUT2D eigenvalue weighted by Gasteiger charge is -2.31. The molecule has 0 saturated carbocycles. The first-order valence-corrected chi connectivity index (χ1v) is 8.51. The SMILES string of the molecule is COc1ccc(NC(=O)[C@](C)(CN2C(=O)c3ccccc3C2=O)NC=O)cc1. The van der Waals surface area contributed by atoms with E-state index in [1.165, 1.54) is 14.0 Å². The summed E-state index contributed by atoms with van der Waals surface area (Å²) in [6, 6.07) is 13.0. The van der Waals surface area contributed by atoms with Crippen molar-refractivity contribution in [1.82, 2.24) is 10.2 Å². The van der Waals surface area contributed by atoms with Gasteiger partial charge in [-0.15, -0.1) is 0 Å². The molecular formula is C20H19N3O5. The number of hydrogen-bond acceptors (Lipinski definition) is 5. The minimum absolute atomic E-state index is 0.275. The summed E-state index contributed by atoms with van der Waals surface area (Å²) >= 11 is 0. The molecule has 0 aromatic heterocycles. The third-order valence-corrected chi connectivity index (χ3v) is 4.58. The van der Waals surface area contributed by atoms with Gasteiger partial charge in [0.05, 0.1) is 24.8 Å². The van der Waals surface area contributed by atoms with Gasteiger partial charge in [0.1, 0.15) is 11.3 Å². The second-order valence-electron chi connectivity index (χ2n) is 6.52. The molecule has 1 heterocycles. The van der Waals surface area contributed by atoms with Crippen molar-refractivity contribution in [3.05, 3.63) is 59.7 Å². The number of amides is 4. The molecule has 4 amide bonds. The molecule has 2 N–H and O–H groups in total. The van der Waals surface area contributed by atoms with Crippen LogP contribution in [0.3, 0.4) is 0 Å². The summed E-state index contributed by atoms with van der Waals surface area (Å²) in [7, 11) is 1.53. The Labute approximate surface area is 161 Å². The van der Waals surface area contributed by atoms with E-state index < -0.39 is 23.3 Å². The number of nitrogens with zero attached hydrogens (tertiary/aromatic N) is 1. The molecule has 0 aliphatic carbocycles. The van der Waals surface area contributed by atoms with E-state index in [0.717, 1.165) is 4.90 Å². The molecular weight excluding hydrogens is 362 g/mol. The van der Waals surface area contributed by atoms with E-state index in [2.05, 4.69) is 10.6 Å². The highest BCUT2D eigenvalue weighted by molar-refractivity contribution is 6.21. The van der Waals surface area contributed by atoms with Crippen LogP contribution in [0.25, 0.3) is 0 Å². The molecule has 0 radical (unpaired) electrons. The minimum Gasteiger partial charge on any atom is -0.497 e. The zero-order valence-electron chi connectivity index (χ0n) is 15.4. The van der Waals surface area contributed by atoms with Gasteiger partial charge in [0.2, 0.25) is 6.41 Å². The van der Waals surface area contributed by atoms with Gasteiger partial charge in [0.25, 0.3) is 17.7 Å². The second kappa shape index (κ2) is 7.51. The predicted molar refractivity (Wildman–Crippen MR) is 101 cm³/mol. The Morgan fingerprint density at radius 2 is 1.64 bits per heavy atom. The molecule has 1 aliphatic rings. The third-order valence-electron chi connectivity index (χ3n) is 4.58. The summed E-state index contributed by atoms with van der Waals surface area (Å²) in [6.45, 7) is 1.14. The normalized spacial score (nSPS) is 14.9. The Hall–Kier alpha value is -3.68. The van der Waals surface area contributed by atoms with Crippen LogP contribution < -0.4 is 15.4 Å². The van der Waals surface area contributed by atoms with Crippen LogP contribution in [0.15, 0.2) is 48.5 Å². The largest absolute Gasteiger partial charge is 0.497 e. The van der Waals surface area contributed by atoms with Crippen molar-refractivity contribution in [1.29, 1.82) is 0 Å². The predicted octanol–water partition coefficient (Wildman–Crippen LogP) is 1.43. The highest BCUT2D eigenvalue weighted by atomic mass is 16.5. The number of fused-ring (bicyclic) bond motifs is 1. The highest BCUT2D eigenvalue weighted by Crippen LogP contribution is 2.25. The fourth-order valence-electron chi connectivity index (χ4n) is 2.96. The van der Waals surface area contributed by atoms with Crippen LogP contribution in [0.4, 0.5) is 5.69 Å². The van der Waals surface area contributed by atoms with Gasteiger partial charge in [-0.1, -0.05) is 12.1 Å². The number of ether oxygens (including phenoxy) is 1. The Bertz CT molecular complexity index is 906. The van der Waals surface area contributed by atoms with Crippen molar-refractivity contribution in [3.63, 3.8) is 0 Å². The maximum Gasteiger partial charge on any atom is 0.261 e. The number of hydrogen-bond donors (Lipinski definition) is 2. The van der Waals surface area contributed by atoms with Crippen molar-refractivity contribution in [3.8, 4) is 5.75 Å². The maximum absolute atomic E-state index is 12.8. The van der Waals surface area contributed by atoms with Gasteiger partial charge >= 0.3 is 0 Å². The Morgan fingerprint density at radius 1 is 1.07 bits per heavy atom. The number of rotatable bonds is 7. The number of imide groups is 1. The first kappa shape index (κ1) is 19.1. The van der Waals surface area contributed by atoms with Gasteiger partial charge < -0.3 is 15.4 Å². The Balaban J connectivity index is 1.81. The fraction of sp³-hybridized carbons (Fsp3) is 0.200. The van der Waals surface area contributed by atoms with Crippen molar-refractivity contribution in [2.24, 2.45) is 0 Å². The molecule has 0 spiro atoms. The summed E-state index contributed by atoms with van der Waals surface area (Å²) in [5.74, 6) is -0.951. The molecule has 0 bridgehead atoms. The lowest BCUT2D eigenvalue weighted by molar-refractivity contribution is -0.125. The van der Waals surface area contributed by atoms with Crippen LogP contribution in [0.5, 0.6) is 5.75 Å². The zero-order valence-corrected chi connectivity index (χ0v) is 15.4. The first-order valence-electron chi connectivity index (χ1n) is 8.51. The van der Waals surface area contributed by atoms with Gasteiger partial charge in [-0.2, -0.15) is 0 Å². The van der Waals surface area contributed by atoms with Gasteiger partial charge in [-0.3, -0.25) is 24.1 Å². The van der Waals surface area contributed by atoms with Crippen molar-refractivity contribution in [2.75, 3.05) is 19.0 Å². The van der Waals surface area contributed by atoms with E-state index in [1.807, 2.05) is 0 Å². The molecule has 0 fully saturated rings. The smallest absolute Gasteiger partial charge is 0.261 e. The molecule has 8 nitrogen and oxygen atoms in total. The van der Waals surface area contributed by atoms with E-state index in [0.29, 0.717) is 17.8 Å². The molecule has 2 aromatic rings. The molecule has 0 unspecified atom stereocenters. The van der Waals surface area contributed by atoms with E-state index in [9.17, 15) is 19.2 Å². The van der Waals surface area contributed by atoms with E-state index in [1.54, 1.807) is 48.5 Å². The average molecular weight is 381 g/mol. The molecule has 1 aliphatic heterocycles. The topological polar surface area (TPSA) is 105 Å². The first-order chi connectivity index (χ1) is 13.4. The summed E-state index contributed by atoms with van der Waals surface area (Å²) < 4.78 is 5.07. The van der Waals surface area contributed by atoms with Crippen molar-refractivity contribution < 1.29 is 23.9 Å². The number of carbonyl (C=O) groups excluding carboxylic acids is 4. The molecule has 28 heavy (non-hydrogen) atoms. The number of benzene rings is 2. The standard InChI is InChI=1S/C20H19N3O5/c1-20(21-12-24,19(27)22-13-7-9-14(28-2)10-8-13)11-23-17(25)15-5-3-4-6-16(15)18(23)26/h3-10,12H,11H2,1-2H3,(H,21,24)(H,22,27)/t20-/m0/s1. The number of nitrogens with one attached hydrogen (secondary N) is 2. The zero-order chi connectivity index (χ0) is 20.3. The average Bonchev–Trinajstić information content (AvgIpc) is 2.94. The lowest BCUT2D eigenvalue weighted by Crippen LogP contribution is -2.59. The fourth-order valence-corrected chi connectivity index (χ4v) is 2.96. The van der Waals surface area contributed by atoms with Crippen LogP contribution >= 0.6 is 0 Å². The van der Waals surface area contributed by atoms with E-state index in [4.69, 9.17) is 4.74 Å². The number of methoxy groups -OCH3 is 1. The Morgan fingerprint density at radius 3 is 2.14 bits per heavy atom. The lowest BCUT2D eigenvalue weighted by atomic mass is 10.00. The minimum atomic E-state index is -1.52. The Kier molecular flexibility index (Phi) is 5.12. The molecule has 2 aromatic carbocycles. The van der Waals surface area contributed by atoms with E-state index in [-0.39, 0.29) is 17.7 Å². The van der Waals surface area contributed by atoms with Crippen LogP contribution in [0, 0.1) is 0 Å². The van der Waals surface area contributed by atoms with Gasteiger partial charge in [0, 0.05) is 5.69 Å². The summed E-state index contributed by atoms with van der Waals surface area (Å²) in [5.41, 5.74) is -0.491. The van der Waals surface area contributed by atoms with Gasteiger partial charge in [0.15, 0.2) is 0 Å². The van der Waals surface area contributed by atoms with Gasteiger partial charge in [-0.05, 0) is 43.3 Å².